The molecule has 0 radical (unpaired) electrons. The third-order valence-corrected chi connectivity index (χ3v) is 2.67. The molecular weight excluding hydrogens is 260 g/mol. The molecule has 6 nitrogen and oxygen atoms in total. The number of para-hydroxylation sites is 1. The standard InChI is InChI=1S/C14H12N2O4/c1-20-13-8-3-2-7-12(13)14(17)15-10-5-4-6-11(9-10)16(18)19/h2-9H,1H3,(H,15,17). The average molecular weight is 272 g/mol. The van der Waals surface area contributed by atoms with Gasteiger partial charge < -0.3 is 10.1 Å². The van der Waals surface area contributed by atoms with Gasteiger partial charge in [0.25, 0.3) is 11.6 Å². The zero-order valence-electron chi connectivity index (χ0n) is 10.7. The monoisotopic (exact) mass is 272 g/mol. The fourth-order valence-corrected chi connectivity index (χ4v) is 1.73. The molecule has 0 heterocycles. The quantitative estimate of drug-likeness (QED) is 0.685. The molecule has 0 unspecified atom stereocenters. The number of carbonyl (C=O) groups is 1. The number of nitrogens with zero attached hydrogens (tertiary/aromatic N) is 1. The number of rotatable bonds is 4. The Bertz CT molecular complexity index is 655. The zero-order chi connectivity index (χ0) is 14.5. The highest BCUT2D eigenvalue weighted by molar-refractivity contribution is 6.06. The number of amides is 1. The van der Waals surface area contributed by atoms with E-state index in [9.17, 15) is 14.9 Å². The van der Waals surface area contributed by atoms with Gasteiger partial charge in [-0.15, -0.1) is 0 Å². The maximum absolute atomic E-state index is 12.1. The number of nitro benzene ring substituents is 1. The van der Waals surface area contributed by atoms with Gasteiger partial charge in [0, 0.05) is 17.8 Å². The Kier molecular flexibility index (Phi) is 3.95. The fourth-order valence-electron chi connectivity index (χ4n) is 1.73. The summed E-state index contributed by atoms with van der Waals surface area (Å²) < 4.78 is 5.10. The van der Waals surface area contributed by atoms with Crippen molar-refractivity contribution in [3.8, 4) is 5.75 Å². The van der Waals surface area contributed by atoms with Gasteiger partial charge in [-0.25, -0.2) is 0 Å². The van der Waals surface area contributed by atoms with Gasteiger partial charge in [0.05, 0.1) is 17.6 Å². The van der Waals surface area contributed by atoms with Gasteiger partial charge in [0.15, 0.2) is 0 Å². The molecule has 0 aliphatic heterocycles. The van der Waals surface area contributed by atoms with Crippen molar-refractivity contribution in [1.29, 1.82) is 0 Å². The first kappa shape index (κ1) is 13.5. The van der Waals surface area contributed by atoms with Crippen LogP contribution in [0.1, 0.15) is 10.4 Å². The molecule has 0 atom stereocenters. The molecule has 0 aliphatic rings. The number of benzene rings is 2. The van der Waals surface area contributed by atoms with Gasteiger partial charge in [-0.1, -0.05) is 18.2 Å². The van der Waals surface area contributed by atoms with Crippen molar-refractivity contribution in [2.45, 2.75) is 0 Å². The van der Waals surface area contributed by atoms with Crippen LogP contribution in [0.2, 0.25) is 0 Å². The molecule has 1 amide bonds. The third-order valence-electron chi connectivity index (χ3n) is 2.67. The highest BCUT2D eigenvalue weighted by Gasteiger charge is 2.13. The summed E-state index contributed by atoms with van der Waals surface area (Å²) in [7, 11) is 1.47. The van der Waals surface area contributed by atoms with E-state index in [-0.39, 0.29) is 11.6 Å². The van der Waals surface area contributed by atoms with Crippen LogP contribution in [0.4, 0.5) is 11.4 Å². The Morgan fingerprint density at radius 2 is 1.95 bits per heavy atom. The van der Waals surface area contributed by atoms with Crippen LogP contribution in [0, 0.1) is 10.1 Å². The molecule has 0 aliphatic carbocycles. The highest BCUT2D eigenvalue weighted by Crippen LogP contribution is 2.21. The first-order valence-corrected chi connectivity index (χ1v) is 5.80. The van der Waals surface area contributed by atoms with Crippen molar-refractivity contribution < 1.29 is 14.5 Å². The minimum absolute atomic E-state index is 0.0807. The summed E-state index contributed by atoms with van der Waals surface area (Å²) in [6, 6.07) is 12.5. The van der Waals surface area contributed by atoms with E-state index in [0.717, 1.165) is 0 Å². The summed E-state index contributed by atoms with van der Waals surface area (Å²) in [6.45, 7) is 0. The molecule has 6 heteroatoms. The number of hydrogen-bond acceptors (Lipinski definition) is 4. The van der Waals surface area contributed by atoms with Crippen molar-refractivity contribution in [2.24, 2.45) is 0 Å². The summed E-state index contributed by atoms with van der Waals surface area (Å²) in [5.41, 5.74) is 0.638. The summed E-state index contributed by atoms with van der Waals surface area (Å²) in [5, 5.41) is 13.3. The van der Waals surface area contributed by atoms with Crippen molar-refractivity contribution in [3.05, 3.63) is 64.2 Å². The lowest BCUT2D eigenvalue weighted by atomic mass is 10.2. The number of nitrogens with one attached hydrogen (secondary N) is 1. The van der Waals surface area contributed by atoms with E-state index in [1.54, 1.807) is 30.3 Å². The second kappa shape index (κ2) is 5.83. The molecule has 102 valence electrons. The van der Waals surface area contributed by atoms with Crippen LogP contribution < -0.4 is 10.1 Å². The molecule has 2 aromatic rings. The zero-order valence-corrected chi connectivity index (χ0v) is 10.7. The lowest BCUT2D eigenvalue weighted by Gasteiger charge is -2.08. The first-order valence-electron chi connectivity index (χ1n) is 5.80. The molecule has 0 bridgehead atoms. The van der Waals surface area contributed by atoms with Gasteiger partial charge in [0.1, 0.15) is 5.75 Å². The predicted octanol–water partition coefficient (Wildman–Crippen LogP) is 2.86. The van der Waals surface area contributed by atoms with Crippen LogP contribution in [0.25, 0.3) is 0 Å². The van der Waals surface area contributed by atoms with Crippen molar-refractivity contribution in [1.82, 2.24) is 0 Å². The van der Waals surface area contributed by atoms with E-state index in [2.05, 4.69) is 5.32 Å². The van der Waals surface area contributed by atoms with Gasteiger partial charge in [-0.05, 0) is 18.2 Å². The van der Waals surface area contributed by atoms with Crippen LogP contribution in [0.3, 0.4) is 0 Å². The summed E-state index contributed by atoms with van der Waals surface area (Å²) in [5.74, 6) is 0.0541. The number of non-ortho nitro benzene ring substituents is 1. The van der Waals surface area contributed by atoms with Crippen LogP contribution in [-0.2, 0) is 0 Å². The maximum atomic E-state index is 12.1. The lowest BCUT2D eigenvalue weighted by Crippen LogP contribution is -2.13. The number of carbonyl (C=O) groups excluding carboxylic acids is 1. The van der Waals surface area contributed by atoms with Gasteiger partial charge >= 0.3 is 0 Å². The smallest absolute Gasteiger partial charge is 0.271 e. The minimum atomic E-state index is -0.515. The van der Waals surface area contributed by atoms with Gasteiger partial charge in [-0.2, -0.15) is 0 Å². The maximum Gasteiger partial charge on any atom is 0.271 e. The Hall–Kier alpha value is -2.89. The van der Waals surface area contributed by atoms with Crippen LogP contribution >= 0.6 is 0 Å². The van der Waals surface area contributed by atoms with E-state index in [0.29, 0.717) is 17.0 Å². The average Bonchev–Trinajstić information content (AvgIpc) is 2.47. The summed E-state index contributed by atoms with van der Waals surface area (Å²) in [4.78, 5) is 22.3. The topological polar surface area (TPSA) is 81.5 Å². The van der Waals surface area contributed by atoms with Crippen molar-refractivity contribution in [2.75, 3.05) is 12.4 Å². The SMILES string of the molecule is COc1ccccc1C(=O)Nc1cccc([N+](=O)[O-])c1. The number of methoxy groups -OCH3 is 1. The molecule has 0 saturated carbocycles. The molecule has 2 rings (SSSR count). The van der Waals surface area contributed by atoms with Gasteiger partial charge in [0.2, 0.25) is 0 Å². The molecule has 0 spiro atoms. The van der Waals surface area contributed by atoms with Crippen molar-refractivity contribution >= 4 is 17.3 Å². The third kappa shape index (κ3) is 2.92. The normalized spacial score (nSPS) is 9.85. The van der Waals surface area contributed by atoms with E-state index in [4.69, 9.17) is 4.74 Å². The highest BCUT2D eigenvalue weighted by atomic mass is 16.6. The fraction of sp³-hybridized carbons (Fsp3) is 0.0714. The number of ether oxygens (including phenoxy) is 1. The Labute approximate surface area is 115 Å². The second-order valence-electron chi connectivity index (χ2n) is 3.96. The summed E-state index contributed by atoms with van der Waals surface area (Å²) >= 11 is 0. The molecule has 20 heavy (non-hydrogen) atoms. The minimum Gasteiger partial charge on any atom is -0.496 e. The molecule has 2 aromatic carbocycles. The lowest BCUT2D eigenvalue weighted by molar-refractivity contribution is -0.384. The Balaban J connectivity index is 2.23. The number of nitro groups is 1. The van der Waals surface area contributed by atoms with E-state index in [1.807, 2.05) is 0 Å². The molecule has 1 N–H and O–H groups in total. The van der Waals surface area contributed by atoms with E-state index >= 15 is 0 Å². The van der Waals surface area contributed by atoms with Crippen LogP contribution in [-0.4, -0.2) is 17.9 Å². The summed E-state index contributed by atoms with van der Waals surface area (Å²) in [6.07, 6.45) is 0. The Morgan fingerprint density at radius 3 is 2.65 bits per heavy atom. The number of anilines is 1. The van der Waals surface area contributed by atoms with E-state index in [1.165, 1.54) is 25.3 Å². The van der Waals surface area contributed by atoms with Crippen LogP contribution in [0.5, 0.6) is 5.75 Å². The largest absolute Gasteiger partial charge is 0.496 e. The number of hydrogen-bond donors (Lipinski definition) is 1. The second-order valence-corrected chi connectivity index (χ2v) is 3.96. The molecule has 0 fully saturated rings. The molecule has 0 aromatic heterocycles. The Morgan fingerprint density at radius 1 is 1.20 bits per heavy atom. The molecule has 0 saturated heterocycles. The molecular formula is C14H12N2O4. The first-order chi connectivity index (χ1) is 9.61. The van der Waals surface area contributed by atoms with Crippen molar-refractivity contribution in [3.63, 3.8) is 0 Å². The predicted molar refractivity (Wildman–Crippen MR) is 74.0 cm³/mol. The van der Waals surface area contributed by atoms with Gasteiger partial charge in [-0.3, -0.25) is 14.9 Å². The van der Waals surface area contributed by atoms with E-state index < -0.39 is 4.92 Å². The van der Waals surface area contributed by atoms with Crippen LogP contribution in [0.15, 0.2) is 48.5 Å².